The minimum atomic E-state index is -0.509. The smallest absolute Gasteiger partial charge is 0.268 e. The molecular formula is C12H13N5O2S. The van der Waals surface area contributed by atoms with Crippen molar-refractivity contribution >= 4 is 28.1 Å². The molecule has 0 saturated carbocycles. The molecule has 104 valence electrons. The summed E-state index contributed by atoms with van der Waals surface area (Å²) in [6.07, 6.45) is -0.509. The summed E-state index contributed by atoms with van der Waals surface area (Å²) in [5.41, 5.74) is 3.18. The third kappa shape index (κ3) is 2.19. The zero-order chi connectivity index (χ0) is 14.1. The molecule has 1 amide bonds. The fraction of sp³-hybridized carbons (Fsp3) is 0.250. The molecule has 2 heterocycles. The maximum Gasteiger partial charge on any atom is 0.268 e. The number of rotatable bonds is 3. The van der Waals surface area contributed by atoms with E-state index in [2.05, 4.69) is 15.6 Å². The van der Waals surface area contributed by atoms with E-state index in [1.165, 1.54) is 11.3 Å². The molecule has 2 aromatic rings. The van der Waals surface area contributed by atoms with Gasteiger partial charge in [-0.3, -0.25) is 15.1 Å². The molecule has 1 aromatic heterocycles. The summed E-state index contributed by atoms with van der Waals surface area (Å²) in [5, 5.41) is 9.09. The van der Waals surface area contributed by atoms with Gasteiger partial charge in [-0.15, -0.1) is 10.2 Å². The van der Waals surface area contributed by atoms with Crippen molar-refractivity contribution in [1.82, 2.24) is 10.2 Å². The van der Waals surface area contributed by atoms with E-state index in [9.17, 15) is 4.79 Å². The number of amides is 1. The average Bonchev–Trinajstić information content (AvgIpc) is 2.91. The normalized spacial score (nSPS) is 17.6. The Morgan fingerprint density at radius 1 is 1.45 bits per heavy atom. The van der Waals surface area contributed by atoms with Crippen LogP contribution in [0.1, 0.15) is 11.9 Å². The van der Waals surface area contributed by atoms with Crippen molar-refractivity contribution in [2.45, 2.75) is 19.6 Å². The van der Waals surface area contributed by atoms with E-state index in [0.717, 1.165) is 5.69 Å². The van der Waals surface area contributed by atoms with E-state index < -0.39 is 6.10 Å². The molecule has 1 atom stereocenters. The lowest BCUT2D eigenvalue weighted by Gasteiger charge is -2.32. The number of ether oxygens (including phenoxy) is 1. The number of nitrogens with one attached hydrogen (secondary N) is 1. The van der Waals surface area contributed by atoms with Crippen molar-refractivity contribution in [3.8, 4) is 5.75 Å². The summed E-state index contributed by atoms with van der Waals surface area (Å²) in [7, 11) is 0. The molecule has 0 saturated heterocycles. The number of nitrogens with zero attached hydrogens (tertiary/aromatic N) is 3. The van der Waals surface area contributed by atoms with Crippen LogP contribution in [0.5, 0.6) is 5.75 Å². The van der Waals surface area contributed by atoms with Gasteiger partial charge in [-0.1, -0.05) is 23.5 Å². The molecule has 1 unspecified atom stereocenters. The summed E-state index contributed by atoms with van der Waals surface area (Å²) in [6.45, 7) is 2.08. The number of nitrogen functional groups attached to an aromatic ring is 1. The lowest BCUT2D eigenvalue weighted by atomic mass is 10.2. The predicted octanol–water partition coefficient (Wildman–Crippen LogP) is 1.14. The van der Waals surface area contributed by atoms with Gasteiger partial charge >= 0.3 is 0 Å². The molecule has 0 radical (unpaired) electrons. The van der Waals surface area contributed by atoms with Crippen LogP contribution in [0.4, 0.5) is 10.8 Å². The molecule has 20 heavy (non-hydrogen) atoms. The van der Waals surface area contributed by atoms with Crippen molar-refractivity contribution in [1.29, 1.82) is 0 Å². The largest absolute Gasteiger partial charge is 0.479 e. The first-order valence-electron chi connectivity index (χ1n) is 6.05. The van der Waals surface area contributed by atoms with Gasteiger partial charge in [-0.25, -0.2) is 5.84 Å². The second-order valence-corrected chi connectivity index (χ2v) is 5.36. The Kier molecular flexibility index (Phi) is 3.25. The topological polar surface area (TPSA) is 93.4 Å². The average molecular weight is 291 g/mol. The summed E-state index contributed by atoms with van der Waals surface area (Å²) in [4.78, 5) is 13.9. The molecule has 7 nitrogen and oxygen atoms in total. The van der Waals surface area contributed by atoms with Crippen molar-refractivity contribution in [2.75, 3.05) is 10.3 Å². The number of nitrogens with two attached hydrogens (primary N) is 1. The predicted molar refractivity (Wildman–Crippen MR) is 75.4 cm³/mol. The first-order valence-corrected chi connectivity index (χ1v) is 6.86. The number of para-hydroxylation sites is 2. The van der Waals surface area contributed by atoms with Gasteiger partial charge < -0.3 is 4.74 Å². The highest BCUT2D eigenvalue weighted by molar-refractivity contribution is 7.15. The van der Waals surface area contributed by atoms with Crippen LogP contribution in [0.25, 0.3) is 0 Å². The Balaban J connectivity index is 1.92. The van der Waals surface area contributed by atoms with Crippen LogP contribution < -0.4 is 20.9 Å². The van der Waals surface area contributed by atoms with E-state index in [0.29, 0.717) is 22.4 Å². The van der Waals surface area contributed by atoms with Crippen LogP contribution in [0.2, 0.25) is 0 Å². The third-order valence-corrected chi connectivity index (χ3v) is 3.80. The number of hydrazine groups is 1. The van der Waals surface area contributed by atoms with Crippen molar-refractivity contribution in [3.05, 3.63) is 29.3 Å². The standard InChI is InChI=1S/C12H13N5O2S/c1-7-11(18)17(6-10-15-16-12(14-13)20-10)8-4-2-3-5-9(8)19-7/h2-5,7H,6,13H2,1H3,(H,14,16). The molecule has 3 N–H and O–H groups in total. The molecule has 8 heteroatoms. The maximum atomic E-state index is 12.3. The van der Waals surface area contributed by atoms with Crippen LogP contribution in [0.15, 0.2) is 24.3 Å². The number of hydrogen-bond donors (Lipinski definition) is 2. The van der Waals surface area contributed by atoms with Crippen LogP contribution in [0, 0.1) is 0 Å². The molecule has 0 spiro atoms. The number of carbonyl (C=O) groups excluding carboxylic acids is 1. The number of anilines is 2. The lowest BCUT2D eigenvalue weighted by Crippen LogP contribution is -2.43. The molecule has 0 fully saturated rings. The van der Waals surface area contributed by atoms with E-state index in [-0.39, 0.29) is 5.91 Å². The Hall–Kier alpha value is -2.19. The Morgan fingerprint density at radius 3 is 3.00 bits per heavy atom. The SMILES string of the molecule is CC1Oc2ccccc2N(Cc2nnc(NN)s2)C1=O. The van der Waals surface area contributed by atoms with Gasteiger partial charge in [-0.2, -0.15) is 0 Å². The van der Waals surface area contributed by atoms with E-state index >= 15 is 0 Å². The van der Waals surface area contributed by atoms with E-state index in [1.807, 2.05) is 24.3 Å². The number of hydrogen-bond acceptors (Lipinski definition) is 7. The number of fused-ring (bicyclic) bond motifs is 1. The van der Waals surface area contributed by atoms with Crippen molar-refractivity contribution in [3.63, 3.8) is 0 Å². The van der Waals surface area contributed by atoms with Gasteiger partial charge in [0.1, 0.15) is 10.8 Å². The summed E-state index contributed by atoms with van der Waals surface area (Å²) >= 11 is 1.31. The molecule has 0 aliphatic carbocycles. The summed E-state index contributed by atoms with van der Waals surface area (Å²) in [6, 6.07) is 7.44. The molecule has 1 aromatic carbocycles. The third-order valence-electron chi connectivity index (χ3n) is 2.96. The van der Waals surface area contributed by atoms with Crippen LogP contribution in [0.3, 0.4) is 0 Å². The summed E-state index contributed by atoms with van der Waals surface area (Å²) in [5.74, 6) is 5.88. The lowest BCUT2D eigenvalue weighted by molar-refractivity contribution is -0.125. The Labute approximate surface area is 119 Å². The Bertz CT molecular complexity index is 644. The van der Waals surface area contributed by atoms with E-state index in [1.54, 1.807) is 11.8 Å². The quantitative estimate of drug-likeness (QED) is 0.650. The van der Waals surface area contributed by atoms with Crippen molar-refractivity contribution in [2.24, 2.45) is 5.84 Å². The van der Waals surface area contributed by atoms with Gasteiger partial charge in [-0.05, 0) is 19.1 Å². The van der Waals surface area contributed by atoms with Gasteiger partial charge in [0.05, 0.1) is 12.2 Å². The zero-order valence-corrected chi connectivity index (χ0v) is 11.6. The minimum absolute atomic E-state index is 0.0962. The van der Waals surface area contributed by atoms with Gasteiger partial charge in [0.2, 0.25) is 5.13 Å². The summed E-state index contributed by atoms with van der Waals surface area (Å²) < 4.78 is 5.58. The zero-order valence-electron chi connectivity index (χ0n) is 10.7. The fourth-order valence-electron chi connectivity index (χ4n) is 2.03. The van der Waals surface area contributed by atoms with Gasteiger partial charge in [0, 0.05) is 0 Å². The fourth-order valence-corrected chi connectivity index (χ4v) is 2.67. The van der Waals surface area contributed by atoms with Crippen LogP contribution >= 0.6 is 11.3 Å². The molecule has 1 aliphatic rings. The van der Waals surface area contributed by atoms with E-state index in [4.69, 9.17) is 10.6 Å². The van der Waals surface area contributed by atoms with Gasteiger partial charge in [0.25, 0.3) is 5.91 Å². The monoisotopic (exact) mass is 291 g/mol. The second-order valence-electron chi connectivity index (χ2n) is 4.30. The molecule has 1 aliphatic heterocycles. The Morgan fingerprint density at radius 2 is 2.25 bits per heavy atom. The first kappa shape index (κ1) is 12.8. The highest BCUT2D eigenvalue weighted by Gasteiger charge is 2.31. The number of benzene rings is 1. The minimum Gasteiger partial charge on any atom is -0.479 e. The highest BCUT2D eigenvalue weighted by Crippen LogP contribution is 2.35. The number of carbonyl (C=O) groups is 1. The molecule has 3 rings (SSSR count). The number of aromatic nitrogens is 2. The molecule has 0 bridgehead atoms. The van der Waals surface area contributed by atoms with Crippen LogP contribution in [-0.2, 0) is 11.3 Å². The van der Waals surface area contributed by atoms with Crippen LogP contribution in [-0.4, -0.2) is 22.2 Å². The van der Waals surface area contributed by atoms with Gasteiger partial charge in [0.15, 0.2) is 6.10 Å². The molecular weight excluding hydrogens is 278 g/mol. The first-order chi connectivity index (χ1) is 9.69. The second kappa shape index (κ2) is 5.06. The van der Waals surface area contributed by atoms with Crippen molar-refractivity contribution < 1.29 is 9.53 Å². The maximum absolute atomic E-state index is 12.3. The highest BCUT2D eigenvalue weighted by atomic mass is 32.1.